The minimum Gasteiger partial charge on any atom is -0.493 e. The quantitative estimate of drug-likeness (QED) is 0.497. The molecule has 1 saturated carbocycles. The van der Waals surface area contributed by atoms with Gasteiger partial charge >= 0.3 is 0 Å². The lowest BCUT2D eigenvalue weighted by atomic mass is 9.88. The molecular weight excluding hydrogens is 546 g/mol. The first kappa shape index (κ1) is 28.9. The molecular formula is C33H39N5O5. The normalized spacial score (nSPS) is 21.8. The summed E-state index contributed by atoms with van der Waals surface area (Å²) < 4.78 is 11.8. The van der Waals surface area contributed by atoms with Crippen LogP contribution in [0.2, 0.25) is 0 Å². The van der Waals surface area contributed by atoms with Gasteiger partial charge in [-0.3, -0.25) is 24.4 Å². The topological polar surface area (TPSA) is 114 Å². The molecule has 2 atom stereocenters. The number of nitrogens with one attached hydrogen (secondary N) is 1. The Morgan fingerprint density at radius 2 is 1.70 bits per heavy atom. The Morgan fingerprint density at radius 3 is 2.51 bits per heavy atom. The van der Waals surface area contributed by atoms with E-state index in [1.54, 1.807) is 42.6 Å². The number of carbonyl (C=O) groups is 3. The van der Waals surface area contributed by atoms with Crippen LogP contribution < -0.4 is 14.8 Å². The smallest absolute Gasteiger partial charge is 0.254 e. The van der Waals surface area contributed by atoms with Crippen molar-refractivity contribution < 1.29 is 23.9 Å². The summed E-state index contributed by atoms with van der Waals surface area (Å²) in [6.45, 7) is 2.42. The second-order valence-corrected chi connectivity index (χ2v) is 11.7. The van der Waals surface area contributed by atoms with Gasteiger partial charge in [0.1, 0.15) is 6.61 Å². The largest absolute Gasteiger partial charge is 0.493 e. The summed E-state index contributed by atoms with van der Waals surface area (Å²) in [7, 11) is 1.59. The highest BCUT2D eigenvalue weighted by molar-refractivity contribution is 5.97. The lowest BCUT2D eigenvalue weighted by molar-refractivity contribution is -0.135. The van der Waals surface area contributed by atoms with Crippen LogP contribution in [0.25, 0.3) is 11.0 Å². The monoisotopic (exact) mass is 585 g/mol. The van der Waals surface area contributed by atoms with Gasteiger partial charge in [-0.2, -0.15) is 0 Å². The third-order valence-electron chi connectivity index (χ3n) is 9.06. The molecule has 0 unspecified atom stereocenters. The van der Waals surface area contributed by atoms with Crippen LogP contribution in [-0.2, 0) is 9.59 Å². The van der Waals surface area contributed by atoms with Crippen LogP contribution in [0.4, 0.5) is 0 Å². The van der Waals surface area contributed by atoms with E-state index in [9.17, 15) is 14.4 Å². The molecule has 3 amide bonds. The number of aromatic nitrogens is 2. The third kappa shape index (κ3) is 6.28. The fraction of sp³-hybridized carbons (Fsp3) is 0.485. The number of hydrogen-bond acceptors (Lipinski definition) is 7. The Hall–Kier alpha value is -4.21. The number of benzene rings is 2. The zero-order valence-electron chi connectivity index (χ0n) is 24.7. The number of likely N-dealkylation sites (tertiary alicyclic amines) is 1. The molecule has 1 aromatic heterocycles. The van der Waals surface area contributed by atoms with Crippen LogP contribution in [0, 0.1) is 11.8 Å². The summed E-state index contributed by atoms with van der Waals surface area (Å²) in [5, 5.41) is 3.11. The molecule has 2 fully saturated rings. The molecule has 1 aliphatic carbocycles. The minimum absolute atomic E-state index is 0.0539. The van der Waals surface area contributed by atoms with E-state index in [2.05, 4.69) is 15.3 Å². The summed E-state index contributed by atoms with van der Waals surface area (Å²) in [5.74, 6) is 0.659. The molecule has 3 aliphatic rings. The van der Waals surface area contributed by atoms with Gasteiger partial charge in [-0.15, -0.1) is 0 Å². The van der Waals surface area contributed by atoms with Crippen molar-refractivity contribution in [3.05, 3.63) is 59.9 Å². The average Bonchev–Trinajstić information content (AvgIpc) is 3.50. The fourth-order valence-electron chi connectivity index (χ4n) is 6.70. The molecule has 6 rings (SSSR count). The Kier molecular flexibility index (Phi) is 8.72. The maximum Gasteiger partial charge on any atom is 0.254 e. The molecule has 2 aliphatic heterocycles. The summed E-state index contributed by atoms with van der Waals surface area (Å²) in [6.07, 6.45) is 9.04. The van der Waals surface area contributed by atoms with Gasteiger partial charge in [0, 0.05) is 56.0 Å². The molecule has 226 valence electrons. The van der Waals surface area contributed by atoms with E-state index in [1.807, 2.05) is 23.1 Å². The van der Waals surface area contributed by atoms with Crippen molar-refractivity contribution in [2.45, 2.75) is 44.4 Å². The number of ether oxygens (including phenoxy) is 2. The Morgan fingerprint density at radius 1 is 0.907 bits per heavy atom. The second-order valence-electron chi connectivity index (χ2n) is 11.7. The molecule has 1 saturated heterocycles. The van der Waals surface area contributed by atoms with Gasteiger partial charge < -0.3 is 24.6 Å². The first-order valence-electron chi connectivity index (χ1n) is 15.4. The number of rotatable bonds is 3. The zero-order chi connectivity index (χ0) is 29.8. The van der Waals surface area contributed by atoms with E-state index in [4.69, 9.17) is 9.47 Å². The van der Waals surface area contributed by atoms with E-state index in [-0.39, 0.29) is 42.1 Å². The SMILES string of the molecule is COc1ccc2cc1OCCN(C(=O)c1ccc3nccnc3c1)CCCNC(=O)[C@H]1CN(C(=O)C3CCCCC3)C[C@H]21. The van der Waals surface area contributed by atoms with Crippen molar-refractivity contribution in [2.24, 2.45) is 11.8 Å². The maximum atomic E-state index is 13.6. The summed E-state index contributed by atoms with van der Waals surface area (Å²) >= 11 is 0. The summed E-state index contributed by atoms with van der Waals surface area (Å²) in [6, 6.07) is 11.1. The van der Waals surface area contributed by atoms with Gasteiger partial charge in [0.15, 0.2) is 11.5 Å². The van der Waals surface area contributed by atoms with Crippen molar-refractivity contribution >= 4 is 28.8 Å². The van der Waals surface area contributed by atoms with E-state index < -0.39 is 0 Å². The molecule has 3 heterocycles. The highest BCUT2D eigenvalue weighted by Crippen LogP contribution is 2.39. The standard InChI is InChI=1S/C33H39N5O5/c1-42-29-11-9-23-19-30(29)43-17-16-37(33(41)24-8-10-27-28(18-24)35-14-13-34-27)15-5-12-36-31(39)26-21-38(20-25(23)26)32(40)22-6-3-2-4-7-22/h8-11,13-14,18-19,22,25-26H,2-7,12,15-17,20-21H2,1H3,(H,36,39)/t25-,26+/m1/s1. The third-order valence-corrected chi connectivity index (χ3v) is 9.06. The van der Waals surface area contributed by atoms with Crippen molar-refractivity contribution in [1.29, 1.82) is 0 Å². The van der Waals surface area contributed by atoms with Crippen LogP contribution in [0.3, 0.4) is 0 Å². The van der Waals surface area contributed by atoms with E-state index >= 15 is 0 Å². The molecule has 2 aromatic carbocycles. The zero-order valence-corrected chi connectivity index (χ0v) is 24.7. The molecule has 10 heteroatoms. The number of methoxy groups -OCH3 is 1. The van der Waals surface area contributed by atoms with Crippen LogP contribution in [0.5, 0.6) is 11.5 Å². The van der Waals surface area contributed by atoms with Gasteiger partial charge in [0.2, 0.25) is 11.8 Å². The van der Waals surface area contributed by atoms with Crippen molar-refractivity contribution in [1.82, 2.24) is 25.1 Å². The Labute approximate surface area is 251 Å². The second kappa shape index (κ2) is 13.0. The Bertz CT molecular complexity index is 1490. The predicted octanol–water partition coefficient (Wildman–Crippen LogP) is 3.80. The molecule has 2 bridgehead atoms. The van der Waals surface area contributed by atoms with Crippen LogP contribution in [0.15, 0.2) is 48.8 Å². The van der Waals surface area contributed by atoms with Gasteiger partial charge in [-0.1, -0.05) is 25.3 Å². The van der Waals surface area contributed by atoms with Gasteiger partial charge in [-0.05, 0) is 55.2 Å². The molecule has 0 spiro atoms. The van der Waals surface area contributed by atoms with Crippen LogP contribution >= 0.6 is 0 Å². The molecule has 43 heavy (non-hydrogen) atoms. The van der Waals surface area contributed by atoms with E-state index in [0.29, 0.717) is 61.7 Å². The first-order chi connectivity index (χ1) is 21.0. The first-order valence-corrected chi connectivity index (χ1v) is 15.4. The average molecular weight is 586 g/mol. The number of amides is 3. The van der Waals surface area contributed by atoms with E-state index in [0.717, 1.165) is 36.8 Å². The maximum absolute atomic E-state index is 13.6. The molecule has 0 radical (unpaired) electrons. The lowest BCUT2D eigenvalue weighted by Crippen LogP contribution is -2.40. The number of hydrogen-bond donors (Lipinski definition) is 1. The van der Waals surface area contributed by atoms with Gasteiger partial charge in [0.25, 0.3) is 5.91 Å². The van der Waals surface area contributed by atoms with Gasteiger partial charge in [-0.25, -0.2) is 0 Å². The van der Waals surface area contributed by atoms with Crippen LogP contribution in [-0.4, -0.2) is 83.9 Å². The number of carbonyl (C=O) groups excluding carboxylic acids is 3. The minimum atomic E-state index is -0.367. The number of fused-ring (bicyclic) bond motifs is 5. The fourth-order valence-corrected chi connectivity index (χ4v) is 6.70. The predicted molar refractivity (Wildman–Crippen MR) is 161 cm³/mol. The van der Waals surface area contributed by atoms with Gasteiger partial charge in [0.05, 0.1) is 30.6 Å². The molecule has 10 nitrogen and oxygen atoms in total. The highest BCUT2D eigenvalue weighted by Gasteiger charge is 2.42. The molecule has 1 N–H and O–H groups in total. The van der Waals surface area contributed by atoms with Crippen LogP contribution in [0.1, 0.15) is 60.4 Å². The number of nitrogens with zero attached hydrogens (tertiary/aromatic N) is 4. The van der Waals surface area contributed by atoms with Crippen molar-refractivity contribution in [3.63, 3.8) is 0 Å². The molecule has 3 aromatic rings. The summed E-state index contributed by atoms with van der Waals surface area (Å²) in [4.78, 5) is 53.0. The summed E-state index contributed by atoms with van der Waals surface area (Å²) in [5.41, 5.74) is 2.84. The van der Waals surface area contributed by atoms with Crippen molar-refractivity contribution in [2.75, 3.05) is 46.4 Å². The lowest BCUT2D eigenvalue weighted by Gasteiger charge is -2.26. The van der Waals surface area contributed by atoms with Crippen molar-refractivity contribution in [3.8, 4) is 11.5 Å². The van der Waals surface area contributed by atoms with E-state index in [1.165, 1.54) is 6.42 Å². The highest BCUT2D eigenvalue weighted by atomic mass is 16.5. The Balaban J connectivity index is 1.23.